The third-order valence-corrected chi connectivity index (χ3v) is 11.5. The highest BCUT2D eigenvalue weighted by atomic mass is 15.5. The Morgan fingerprint density at radius 1 is 0.281 bits per heavy atom. The lowest BCUT2D eigenvalue weighted by Gasteiger charge is -2.14. The Labute approximate surface area is 327 Å². The number of nitrogens with zero attached hydrogens (tertiary/aromatic N) is 5. The summed E-state index contributed by atoms with van der Waals surface area (Å²) in [6.45, 7) is 0. The Balaban J connectivity index is 1.16. The fraction of sp³-hybridized carbons (Fsp3) is 0. The number of para-hydroxylation sites is 4. The number of hydrogen-bond acceptors (Lipinski definition) is 2. The molecule has 0 radical (unpaired) electrons. The van der Waals surface area contributed by atoms with Crippen molar-refractivity contribution in [3.8, 4) is 39.6 Å². The van der Waals surface area contributed by atoms with Crippen LogP contribution in [0.3, 0.4) is 0 Å². The van der Waals surface area contributed by atoms with Crippen molar-refractivity contribution in [2.24, 2.45) is 0 Å². The Morgan fingerprint density at radius 2 is 0.719 bits per heavy atom. The molecule has 57 heavy (non-hydrogen) atoms. The van der Waals surface area contributed by atoms with E-state index in [1.165, 1.54) is 43.4 Å². The fourth-order valence-electron chi connectivity index (χ4n) is 8.87. The summed E-state index contributed by atoms with van der Waals surface area (Å²) in [5.41, 5.74) is 12.0. The smallest absolute Gasteiger partial charge is 0.162 e. The van der Waals surface area contributed by atoms with Gasteiger partial charge in [-0.15, -0.1) is 0 Å². The predicted molar refractivity (Wildman–Crippen MR) is 236 cm³/mol. The van der Waals surface area contributed by atoms with Gasteiger partial charge in [-0.3, -0.25) is 4.57 Å². The van der Waals surface area contributed by atoms with Gasteiger partial charge >= 0.3 is 0 Å². The largest absolute Gasteiger partial charge is 0.294 e. The molecule has 266 valence electrons. The van der Waals surface area contributed by atoms with E-state index in [1.54, 1.807) is 0 Å². The number of benzene rings is 8. The molecule has 0 unspecified atom stereocenters. The van der Waals surface area contributed by atoms with Gasteiger partial charge < -0.3 is 0 Å². The minimum Gasteiger partial charge on any atom is -0.294 e. The maximum atomic E-state index is 5.35. The molecule has 0 atom stereocenters. The van der Waals surface area contributed by atoms with Gasteiger partial charge in [0.1, 0.15) is 5.82 Å². The monoisotopic (exact) mass is 727 g/mol. The quantitative estimate of drug-likeness (QED) is 0.177. The van der Waals surface area contributed by atoms with Crippen molar-refractivity contribution >= 4 is 65.4 Å². The summed E-state index contributed by atoms with van der Waals surface area (Å²) in [6, 6.07) is 71.3. The Bertz CT molecular complexity index is 3450. The molecule has 12 rings (SSSR count). The van der Waals surface area contributed by atoms with Crippen molar-refractivity contribution in [1.29, 1.82) is 0 Å². The van der Waals surface area contributed by atoms with Crippen LogP contribution in [0.1, 0.15) is 0 Å². The highest BCUT2D eigenvalue weighted by molar-refractivity contribution is 6.19. The van der Waals surface area contributed by atoms with Crippen LogP contribution >= 0.6 is 0 Å². The minimum atomic E-state index is 0.682. The van der Waals surface area contributed by atoms with Gasteiger partial charge in [0, 0.05) is 49.5 Å². The Morgan fingerprint density at radius 3 is 1.33 bits per heavy atom. The summed E-state index contributed by atoms with van der Waals surface area (Å²) in [5, 5.41) is 7.23. The zero-order valence-corrected chi connectivity index (χ0v) is 30.8. The fourth-order valence-corrected chi connectivity index (χ4v) is 8.87. The van der Waals surface area contributed by atoms with Gasteiger partial charge in [-0.25, -0.2) is 19.3 Å². The molecule has 5 nitrogen and oxygen atoms in total. The summed E-state index contributed by atoms with van der Waals surface area (Å²) < 4.78 is 7.13. The molecule has 12 aromatic rings. The lowest BCUT2D eigenvalue weighted by molar-refractivity contribution is 0.775. The van der Waals surface area contributed by atoms with Crippen LogP contribution < -0.4 is 0 Å². The van der Waals surface area contributed by atoms with Crippen LogP contribution in [0.5, 0.6) is 0 Å². The van der Waals surface area contributed by atoms with Gasteiger partial charge in [-0.2, -0.15) is 0 Å². The first-order chi connectivity index (χ1) is 28.3. The normalized spacial score (nSPS) is 11.9. The first-order valence-corrected chi connectivity index (χ1v) is 19.3. The van der Waals surface area contributed by atoms with Gasteiger partial charge in [-0.05, 0) is 47.5 Å². The van der Waals surface area contributed by atoms with Crippen LogP contribution in [0.4, 0.5) is 0 Å². The van der Waals surface area contributed by atoms with Crippen molar-refractivity contribution in [2.75, 3.05) is 0 Å². The Kier molecular flexibility index (Phi) is 6.86. The summed E-state index contributed by atoms with van der Waals surface area (Å²) in [4.78, 5) is 10.6. The number of fused-ring (bicyclic) bond motifs is 9. The van der Waals surface area contributed by atoms with Crippen LogP contribution in [-0.2, 0) is 0 Å². The highest BCUT2D eigenvalue weighted by Gasteiger charge is 2.22. The molecule has 8 aromatic carbocycles. The van der Waals surface area contributed by atoms with E-state index in [0.717, 1.165) is 55.7 Å². The first-order valence-electron chi connectivity index (χ1n) is 19.3. The molecule has 0 saturated carbocycles. The van der Waals surface area contributed by atoms with E-state index in [9.17, 15) is 0 Å². The van der Waals surface area contributed by atoms with Crippen molar-refractivity contribution in [3.63, 3.8) is 0 Å². The maximum Gasteiger partial charge on any atom is 0.162 e. The summed E-state index contributed by atoms with van der Waals surface area (Å²) >= 11 is 0. The second kappa shape index (κ2) is 12.4. The summed E-state index contributed by atoms with van der Waals surface area (Å²) in [7, 11) is 0. The van der Waals surface area contributed by atoms with E-state index >= 15 is 0 Å². The standard InChI is InChI=1S/C52H33N5/c1-3-15-34(16-4-1)35-27-29-36(30-28-35)44-32-51(54-52(53-44)37-17-5-2-6-18-37)55-45-23-11-7-21-40(45)42-31-43-41-22-10-14-26-48(41)57(50(43)33-49(42)55)56-46-24-12-8-19-38(46)39-20-9-13-25-47(39)56/h1-33H. The molecule has 0 saturated heterocycles. The van der Waals surface area contributed by atoms with Gasteiger partial charge in [0.2, 0.25) is 0 Å². The van der Waals surface area contributed by atoms with Crippen LogP contribution in [0, 0.1) is 0 Å². The molecular weight excluding hydrogens is 695 g/mol. The van der Waals surface area contributed by atoms with E-state index < -0.39 is 0 Å². The van der Waals surface area contributed by atoms with Crippen LogP contribution in [-0.4, -0.2) is 23.9 Å². The van der Waals surface area contributed by atoms with E-state index in [-0.39, 0.29) is 0 Å². The molecule has 0 aliphatic heterocycles. The maximum absolute atomic E-state index is 5.35. The van der Waals surface area contributed by atoms with Crippen molar-refractivity contribution < 1.29 is 0 Å². The third-order valence-electron chi connectivity index (χ3n) is 11.5. The Hall–Kier alpha value is -7.76. The molecular formula is C52H33N5. The number of hydrogen-bond donors (Lipinski definition) is 0. The zero-order valence-electron chi connectivity index (χ0n) is 30.8. The molecule has 4 aromatic heterocycles. The van der Waals surface area contributed by atoms with E-state index in [0.29, 0.717) is 5.82 Å². The molecule has 0 bridgehead atoms. The number of aromatic nitrogens is 5. The molecule has 0 N–H and O–H groups in total. The molecule has 0 aliphatic rings. The second-order valence-corrected chi connectivity index (χ2v) is 14.7. The number of rotatable bonds is 5. The molecule has 0 fully saturated rings. The average Bonchev–Trinajstić information content (AvgIpc) is 3.91. The van der Waals surface area contributed by atoms with Crippen molar-refractivity contribution in [1.82, 2.24) is 23.9 Å². The predicted octanol–water partition coefficient (Wildman–Crippen LogP) is 13.1. The summed E-state index contributed by atoms with van der Waals surface area (Å²) in [5.74, 6) is 1.50. The van der Waals surface area contributed by atoms with E-state index in [1.807, 2.05) is 18.2 Å². The summed E-state index contributed by atoms with van der Waals surface area (Å²) in [6.07, 6.45) is 0. The highest BCUT2D eigenvalue weighted by Crippen LogP contribution is 2.41. The lowest BCUT2D eigenvalue weighted by atomic mass is 10.0. The van der Waals surface area contributed by atoms with Crippen molar-refractivity contribution in [3.05, 3.63) is 200 Å². The second-order valence-electron chi connectivity index (χ2n) is 14.7. The van der Waals surface area contributed by atoms with Crippen LogP contribution in [0.2, 0.25) is 0 Å². The van der Waals surface area contributed by atoms with Gasteiger partial charge in [0.15, 0.2) is 5.82 Å². The minimum absolute atomic E-state index is 0.682. The molecule has 5 heteroatoms. The third kappa shape index (κ3) is 4.82. The molecule has 0 spiro atoms. The van der Waals surface area contributed by atoms with Crippen molar-refractivity contribution in [2.45, 2.75) is 0 Å². The van der Waals surface area contributed by atoms with Gasteiger partial charge in [0.25, 0.3) is 0 Å². The zero-order chi connectivity index (χ0) is 37.5. The first kappa shape index (κ1) is 31.6. The van der Waals surface area contributed by atoms with E-state index in [2.05, 4.69) is 196 Å². The van der Waals surface area contributed by atoms with Gasteiger partial charge in [0.05, 0.1) is 38.8 Å². The SMILES string of the molecule is c1ccc(-c2ccc(-c3cc(-n4c5ccccc5c5cc6c7ccccc7n(-n7c8ccccc8c8ccccc87)c6cc54)nc(-c4ccccc4)n3)cc2)cc1. The van der Waals surface area contributed by atoms with Gasteiger partial charge in [-0.1, -0.05) is 158 Å². The lowest BCUT2D eigenvalue weighted by Crippen LogP contribution is -2.08. The molecule has 0 aliphatic carbocycles. The molecule has 0 amide bonds. The molecule has 4 heterocycles. The van der Waals surface area contributed by atoms with Crippen LogP contribution in [0.25, 0.3) is 105 Å². The topological polar surface area (TPSA) is 40.6 Å². The average molecular weight is 728 g/mol. The van der Waals surface area contributed by atoms with Crippen LogP contribution in [0.15, 0.2) is 200 Å². The van der Waals surface area contributed by atoms with E-state index in [4.69, 9.17) is 9.97 Å².